The van der Waals surface area contributed by atoms with Crippen LogP contribution < -0.4 is 0 Å². The van der Waals surface area contributed by atoms with Gasteiger partial charge in [-0.05, 0) is 29.7 Å². The Bertz CT molecular complexity index is 470. The van der Waals surface area contributed by atoms with Gasteiger partial charge >= 0.3 is 0 Å². The molecule has 2 heteroatoms. The smallest absolute Gasteiger partial charge is 0.0963 e. The van der Waals surface area contributed by atoms with Gasteiger partial charge < -0.3 is 0 Å². The molecule has 0 fully saturated rings. The van der Waals surface area contributed by atoms with Crippen LogP contribution in [0.5, 0.6) is 0 Å². The summed E-state index contributed by atoms with van der Waals surface area (Å²) in [5, 5.41) is 0. The van der Waals surface area contributed by atoms with E-state index >= 15 is 0 Å². The normalized spacial score (nSPS) is 11.4. The molecule has 2 aromatic carbocycles. The highest BCUT2D eigenvalue weighted by Crippen LogP contribution is 2.38. The molecule has 0 amide bonds. The topological polar surface area (TPSA) is 0 Å². The van der Waals surface area contributed by atoms with Gasteiger partial charge in [-0.15, -0.1) is 0 Å². The molecule has 0 N–H and O–H groups in total. The highest BCUT2D eigenvalue weighted by atomic mass is 35.5. The van der Waals surface area contributed by atoms with Crippen molar-refractivity contribution in [2.24, 2.45) is 0 Å². The average molecular weight is 249 g/mol. The second-order valence-electron chi connectivity index (χ2n) is 3.53. The quantitative estimate of drug-likeness (QED) is 0.681. The molecule has 0 saturated heterocycles. The highest BCUT2D eigenvalue weighted by molar-refractivity contribution is 6.48. The van der Waals surface area contributed by atoms with Crippen LogP contribution in [0.1, 0.15) is 5.56 Å². The van der Waals surface area contributed by atoms with E-state index in [1.165, 1.54) is 0 Å². The molecule has 0 aliphatic carbocycles. The number of rotatable bonds is 2. The van der Waals surface area contributed by atoms with Crippen molar-refractivity contribution in [3.8, 4) is 11.1 Å². The summed E-state index contributed by atoms with van der Waals surface area (Å²) in [6, 6.07) is 18.5. The van der Waals surface area contributed by atoms with Gasteiger partial charge in [0.25, 0.3) is 0 Å². The number of halogens is 2. The van der Waals surface area contributed by atoms with Gasteiger partial charge in [-0.2, -0.15) is 0 Å². The molecule has 2 aromatic rings. The first kappa shape index (κ1) is 11.5. The lowest BCUT2D eigenvalue weighted by molar-refractivity contribution is 1.10. The zero-order valence-electron chi connectivity index (χ0n) is 8.58. The summed E-state index contributed by atoms with van der Waals surface area (Å²) in [6.07, 6.45) is 0. The molecule has 0 aliphatic rings. The van der Waals surface area contributed by atoms with E-state index < -0.39 is 4.33 Å². The Balaban J connectivity index is 2.58. The maximum Gasteiger partial charge on any atom is 0.143 e. The summed E-state index contributed by atoms with van der Waals surface area (Å²) in [5.74, 6) is 0. The molecule has 2 rings (SSSR count). The van der Waals surface area contributed by atoms with Crippen molar-refractivity contribution in [1.29, 1.82) is 0 Å². The molecule has 0 saturated carbocycles. The summed E-state index contributed by atoms with van der Waals surface area (Å²) in [7, 11) is 0. The van der Waals surface area contributed by atoms with Crippen LogP contribution in [0.3, 0.4) is 0 Å². The molecule has 0 nitrogen and oxygen atoms in total. The monoisotopic (exact) mass is 248 g/mol. The minimum Gasteiger partial charge on any atom is -0.0963 e. The second kappa shape index (κ2) is 4.48. The highest BCUT2D eigenvalue weighted by Gasteiger charge is 2.23. The minimum absolute atomic E-state index is 0.792. The van der Waals surface area contributed by atoms with E-state index in [4.69, 9.17) is 23.2 Å². The van der Waals surface area contributed by atoms with E-state index in [-0.39, 0.29) is 0 Å². The van der Waals surface area contributed by atoms with Gasteiger partial charge in [0.2, 0.25) is 0 Å². The predicted octanol–water partition coefficient (Wildman–Crippen LogP) is 4.62. The predicted molar refractivity (Wildman–Crippen MR) is 69.5 cm³/mol. The van der Waals surface area contributed by atoms with Crippen molar-refractivity contribution in [2.75, 3.05) is 0 Å². The van der Waals surface area contributed by atoms with Crippen molar-refractivity contribution in [3.05, 3.63) is 67.1 Å². The molecular formula is C14H10Cl2. The van der Waals surface area contributed by atoms with Gasteiger partial charge in [0, 0.05) is 0 Å². The van der Waals surface area contributed by atoms with Gasteiger partial charge in [-0.1, -0.05) is 71.7 Å². The number of benzene rings is 2. The number of hydrogen-bond acceptors (Lipinski definition) is 0. The molecule has 0 heterocycles. The summed E-state index contributed by atoms with van der Waals surface area (Å²) in [4.78, 5) is 0. The largest absolute Gasteiger partial charge is 0.143 e. The molecule has 80 valence electrons. The fourth-order valence-corrected chi connectivity index (χ4v) is 1.93. The molecule has 0 aromatic heterocycles. The fraction of sp³-hybridized carbons (Fsp3) is 0.0714. The zero-order valence-corrected chi connectivity index (χ0v) is 10.1. The lowest BCUT2D eigenvalue weighted by Gasteiger charge is -2.18. The molecule has 0 atom stereocenters. The van der Waals surface area contributed by atoms with Crippen LogP contribution in [0.2, 0.25) is 0 Å². The van der Waals surface area contributed by atoms with Gasteiger partial charge in [-0.3, -0.25) is 0 Å². The Hall–Kier alpha value is -0.980. The SMILES string of the molecule is [CH2]C(Cl)(Cl)c1ccccc1-c1[c]cccc1. The van der Waals surface area contributed by atoms with E-state index in [1.807, 2.05) is 48.5 Å². The molecule has 0 bridgehead atoms. The third-order valence-corrected chi connectivity index (χ3v) is 2.73. The molecule has 0 aliphatic heterocycles. The zero-order chi connectivity index (χ0) is 11.6. The first-order chi connectivity index (χ1) is 7.59. The minimum atomic E-state index is -1.14. The van der Waals surface area contributed by atoms with E-state index in [1.54, 1.807) is 0 Å². The van der Waals surface area contributed by atoms with Crippen LogP contribution >= 0.6 is 23.2 Å². The standard InChI is InChI=1S/C14H10Cl2/c1-14(15,16)13-10-6-5-9-12(13)11-7-3-2-4-8-11/h2-7,9-10H,1H2. The Labute approximate surface area is 106 Å². The van der Waals surface area contributed by atoms with Crippen LogP contribution in [0.4, 0.5) is 0 Å². The van der Waals surface area contributed by atoms with E-state index in [0.29, 0.717) is 0 Å². The van der Waals surface area contributed by atoms with Crippen LogP contribution in [-0.4, -0.2) is 0 Å². The van der Waals surface area contributed by atoms with E-state index in [2.05, 4.69) is 13.0 Å². The lowest BCUT2D eigenvalue weighted by Crippen LogP contribution is -2.06. The summed E-state index contributed by atoms with van der Waals surface area (Å²) >= 11 is 12.1. The first-order valence-electron chi connectivity index (χ1n) is 4.89. The molecule has 0 spiro atoms. The lowest BCUT2D eigenvalue weighted by atomic mass is 9.98. The average Bonchev–Trinajstić information content (AvgIpc) is 2.29. The van der Waals surface area contributed by atoms with E-state index in [0.717, 1.165) is 16.7 Å². The third-order valence-electron chi connectivity index (χ3n) is 2.32. The van der Waals surface area contributed by atoms with Gasteiger partial charge in [-0.25, -0.2) is 0 Å². The first-order valence-corrected chi connectivity index (χ1v) is 5.64. The van der Waals surface area contributed by atoms with Crippen molar-refractivity contribution in [3.63, 3.8) is 0 Å². The maximum absolute atomic E-state index is 6.05. The number of hydrogen-bond donors (Lipinski definition) is 0. The third kappa shape index (κ3) is 2.40. The van der Waals surface area contributed by atoms with Gasteiger partial charge in [0.05, 0.1) is 0 Å². The van der Waals surface area contributed by atoms with Crippen LogP contribution in [-0.2, 0) is 4.33 Å². The Morgan fingerprint density at radius 2 is 1.69 bits per heavy atom. The molecule has 2 radical (unpaired) electrons. The summed E-state index contributed by atoms with van der Waals surface area (Å²) in [6.45, 7) is 3.74. The van der Waals surface area contributed by atoms with Crippen molar-refractivity contribution < 1.29 is 0 Å². The van der Waals surface area contributed by atoms with Gasteiger partial charge in [0.1, 0.15) is 4.33 Å². The van der Waals surface area contributed by atoms with Gasteiger partial charge in [0.15, 0.2) is 0 Å². The molecule has 16 heavy (non-hydrogen) atoms. The summed E-state index contributed by atoms with van der Waals surface area (Å²) in [5.41, 5.74) is 2.72. The fourth-order valence-electron chi connectivity index (χ4n) is 1.60. The van der Waals surface area contributed by atoms with Crippen LogP contribution in [0.25, 0.3) is 11.1 Å². The van der Waals surface area contributed by atoms with Crippen molar-refractivity contribution in [2.45, 2.75) is 4.33 Å². The van der Waals surface area contributed by atoms with Crippen molar-refractivity contribution >= 4 is 23.2 Å². The second-order valence-corrected chi connectivity index (χ2v) is 5.01. The van der Waals surface area contributed by atoms with E-state index in [9.17, 15) is 0 Å². The van der Waals surface area contributed by atoms with Crippen LogP contribution in [0, 0.1) is 13.0 Å². The summed E-state index contributed by atoms with van der Waals surface area (Å²) < 4.78 is -1.14. The number of alkyl halides is 2. The maximum atomic E-state index is 6.05. The molecular weight excluding hydrogens is 239 g/mol. The van der Waals surface area contributed by atoms with Crippen LogP contribution in [0.15, 0.2) is 48.5 Å². The molecule has 0 unspecified atom stereocenters. The Morgan fingerprint density at radius 1 is 1.00 bits per heavy atom. The Morgan fingerprint density at radius 3 is 2.31 bits per heavy atom. The van der Waals surface area contributed by atoms with Crippen molar-refractivity contribution in [1.82, 2.24) is 0 Å². The Kier molecular flexibility index (Phi) is 3.22.